The lowest BCUT2D eigenvalue weighted by molar-refractivity contribution is 0.298. The first kappa shape index (κ1) is 19.8. The number of sulfonamides is 1. The van der Waals surface area contributed by atoms with Crippen molar-refractivity contribution < 1.29 is 17.9 Å². The molecule has 1 aliphatic heterocycles. The van der Waals surface area contributed by atoms with Crippen LogP contribution in [-0.2, 0) is 16.6 Å². The van der Waals surface area contributed by atoms with E-state index in [4.69, 9.17) is 21.1 Å². The Morgan fingerprint density at radius 1 is 0.966 bits per heavy atom. The van der Waals surface area contributed by atoms with E-state index in [1.807, 2.05) is 30.5 Å². The fraction of sp³-hybridized carbons (Fsp3) is 0.238. The lowest BCUT2D eigenvalue weighted by Gasteiger charge is -2.36. The van der Waals surface area contributed by atoms with Gasteiger partial charge in [0.05, 0.1) is 25.2 Å². The summed E-state index contributed by atoms with van der Waals surface area (Å²) >= 11 is 6.05. The maximum absolute atomic E-state index is 13.6. The molecule has 0 radical (unpaired) electrons. The number of halogens is 1. The third-order valence-corrected chi connectivity index (χ3v) is 7.25. The number of methoxy groups -OCH3 is 2. The van der Waals surface area contributed by atoms with Crippen molar-refractivity contribution in [2.24, 2.45) is 0 Å². The Kier molecular flexibility index (Phi) is 5.29. The van der Waals surface area contributed by atoms with Crippen LogP contribution in [0, 0.1) is 0 Å². The molecule has 2 aromatic carbocycles. The Morgan fingerprint density at radius 3 is 2.38 bits per heavy atom. The van der Waals surface area contributed by atoms with Crippen LogP contribution < -0.4 is 9.47 Å². The molecular weight excluding hydrogens is 412 g/mol. The fourth-order valence-corrected chi connectivity index (χ4v) is 5.44. The summed E-state index contributed by atoms with van der Waals surface area (Å²) in [6.07, 6.45) is 1.97. The molecule has 1 aliphatic rings. The van der Waals surface area contributed by atoms with Gasteiger partial charge in [-0.25, -0.2) is 8.42 Å². The molecule has 0 bridgehead atoms. The van der Waals surface area contributed by atoms with Gasteiger partial charge in [0.1, 0.15) is 0 Å². The van der Waals surface area contributed by atoms with Gasteiger partial charge in [-0.15, -0.1) is 0 Å². The number of aromatic nitrogens is 1. The fourth-order valence-electron chi connectivity index (χ4n) is 3.72. The summed E-state index contributed by atoms with van der Waals surface area (Å²) in [6.45, 7) is 0.935. The van der Waals surface area contributed by atoms with Crippen molar-refractivity contribution >= 4 is 21.6 Å². The zero-order valence-electron chi connectivity index (χ0n) is 16.1. The summed E-state index contributed by atoms with van der Waals surface area (Å²) in [7, 11) is -0.796. The van der Waals surface area contributed by atoms with Gasteiger partial charge in [-0.1, -0.05) is 23.7 Å². The highest BCUT2D eigenvalue weighted by Gasteiger charge is 2.37. The van der Waals surface area contributed by atoms with Gasteiger partial charge in [0.15, 0.2) is 11.5 Å². The van der Waals surface area contributed by atoms with Crippen LogP contribution >= 0.6 is 11.6 Å². The maximum atomic E-state index is 13.6. The van der Waals surface area contributed by atoms with Crippen LogP contribution in [0.15, 0.2) is 65.7 Å². The minimum absolute atomic E-state index is 0.161. The molecule has 0 aliphatic carbocycles. The Morgan fingerprint density at radius 2 is 1.69 bits per heavy atom. The predicted octanol–water partition coefficient (Wildman–Crippen LogP) is 3.95. The van der Waals surface area contributed by atoms with Crippen LogP contribution in [0.4, 0.5) is 0 Å². The molecule has 0 saturated heterocycles. The quantitative estimate of drug-likeness (QED) is 0.612. The van der Waals surface area contributed by atoms with E-state index in [1.54, 1.807) is 24.3 Å². The van der Waals surface area contributed by atoms with Gasteiger partial charge in [0, 0.05) is 36.1 Å². The molecule has 152 valence electrons. The van der Waals surface area contributed by atoms with Crippen LogP contribution in [0.1, 0.15) is 17.3 Å². The molecule has 1 atom stereocenters. The first-order valence-electron chi connectivity index (χ1n) is 9.10. The van der Waals surface area contributed by atoms with Gasteiger partial charge in [0.2, 0.25) is 10.0 Å². The molecule has 1 unspecified atom stereocenters. The van der Waals surface area contributed by atoms with Crippen LogP contribution in [0.25, 0.3) is 0 Å². The second-order valence-corrected chi connectivity index (χ2v) is 9.04. The second kappa shape index (κ2) is 7.74. The number of benzene rings is 2. The van der Waals surface area contributed by atoms with Crippen molar-refractivity contribution in [3.63, 3.8) is 0 Å². The summed E-state index contributed by atoms with van der Waals surface area (Å²) in [6, 6.07) is 15.4. The number of ether oxygens (including phenoxy) is 2. The average Bonchev–Trinajstić information content (AvgIpc) is 3.22. The number of rotatable bonds is 5. The summed E-state index contributed by atoms with van der Waals surface area (Å²) in [5.74, 6) is 0.852. The second-order valence-electron chi connectivity index (χ2n) is 6.71. The normalized spacial score (nSPS) is 17.0. The first-order chi connectivity index (χ1) is 14.0. The molecule has 29 heavy (non-hydrogen) atoms. The largest absolute Gasteiger partial charge is 0.493 e. The van der Waals surface area contributed by atoms with Gasteiger partial charge in [-0.2, -0.15) is 4.31 Å². The Balaban J connectivity index is 1.82. The van der Waals surface area contributed by atoms with Gasteiger partial charge >= 0.3 is 0 Å². The molecule has 8 heteroatoms. The molecule has 2 heterocycles. The number of fused-ring (bicyclic) bond motifs is 1. The van der Waals surface area contributed by atoms with Crippen LogP contribution in [0.2, 0.25) is 5.02 Å². The van der Waals surface area contributed by atoms with E-state index in [0.717, 1.165) is 11.3 Å². The number of hydrogen-bond donors (Lipinski definition) is 0. The summed E-state index contributed by atoms with van der Waals surface area (Å²) in [5, 5.41) is 0.606. The zero-order chi connectivity index (χ0) is 20.6. The number of nitrogens with zero attached hydrogens (tertiary/aromatic N) is 2. The smallest absolute Gasteiger partial charge is 0.244 e. The van der Waals surface area contributed by atoms with Crippen LogP contribution in [0.5, 0.6) is 11.5 Å². The Hall–Kier alpha value is -2.48. The monoisotopic (exact) mass is 432 g/mol. The highest BCUT2D eigenvalue weighted by Crippen LogP contribution is 2.38. The molecule has 0 amide bonds. The van der Waals surface area contributed by atoms with Crippen molar-refractivity contribution in [3.05, 3.63) is 77.1 Å². The molecule has 0 N–H and O–H groups in total. The van der Waals surface area contributed by atoms with Gasteiger partial charge in [0.25, 0.3) is 0 Å². The molecule has 0 spiro atoms. The van der Waals surface area contributed by atoms with E-state index in [0.29, 0.717) is 29.6 Å². The first-order valence-corrected chi connectivity index (χ1v) is 10.9. The van der Waals surface area contributed by atoms with E-state index in [1.165, 1.54) is 24.6 Å². The minimum atomic E-state index is -3.80. The average molecular weight is 433 g/mol. The standard InChI is InChI=1S/C21H21ClN2O4S/c1-27-19-10-9-17(14-20(19)28-2)29(25,26)24-13-12-23-11-3-4-18(23)21(24)15-5-7-16(22)8-6-15/h3-11,14,21H,12-13H2,1-2H3. The predicted molar refractivity (Wildman–Crippen MR) is 111 cm³/mol. The highest BCUT2D eigenvalue weighted by atomic mass is 35.5. The van der Waals surface area contributed by atoms with E-state index in [9.17, 15) is 8.42 Å². The summed E-state index contributed by atoms with van der Waals surface area (Å²) in [4.78, 5) is 0.161. The third kappa shape index (κ3) is 3.50. The maximum Gasteiger partial charge on any atom is 0.244 e. The van der Waals surface area contributed by atoms with E-state index in [2.05, 4.69) is 4.57 Å². The van der Waals surface area contributed by atoms with Crippen molar-refractivity contribution in [1.82, 2.24) is 8.87 Å². The van der Waals surface area contributed by atoms with Crippen molar-refractivity contribution in [2.75, 3.05) is 20.8 Å². The topological polar surface area (TPSA) is 60.8 Å². The van der Waals surface area contributed by atoms with Gasteiger partial charge < -0.3 is 14.0 Å². The van der Waals surface area contributed by atoms with E-state index < -0.39 is 16.1 Å². The summed E-state index contributed by atoms with van der Waals surface area (Å²) in [5.41, 5.74) is 1.78. The molecule has 0 saturated carbocycles. The van der Waals surface area contributed by atoms with Gasteiger partial charge in [-0.05, 0) is 42.0 Å². The van der Waals surface area contributed by atoms with Crippen molar-refractivity contribution in [3.8, 4) is 11.5 Å². The highest BCUT2D eigenvalue weighted by molar-refractivity contribution is 7.89. The van der Waals surface area contributed by atoms with Crippen LogP contribution in [0.3, 0.4) is 0 Å². The lowest BCUT2D eigenvalue weighted by Crippen LogP contribution is -2.42. The third-order valence-electron chi connectivity index (χ3n) is 5.14. The van der Waals surface area contributed by atoms with Gasteiger partial charge in [-0.3, -0.25) is 0 Å². The molecule has 0 fully saturated rings. The van der Waals surface area contributed by atoms with Crippen molar-refractivity contribution in [1.29, 1.82) is 0 Å². The summed E-state index contributed by atoms with van der Waals surface area (Å²) < 4.78 is 41.4. The SMILES string of the molecule is COc1ccc(S(=O)(=O)N2CCn3cccc3C2c2ccc(Cl)cc2)cc1OC. The molecule has 1 aromatic heterocycles. The minimum Gasteiger partial charge on any atom is -0.493 e. The van der Waals surface area contributed by atoms with Crippen molar-refractivity contribution in [2.45, 2.75) is 17.5 Å². The van der Waals surface area contributed by atoms with Crippen LogP contribution in [-0.4, -0.2) is 38.1 Å². The molecule has 6 nitrogen and oxygen atoms in total. The Bertz CT molecular complexity index is 1130. The van der Waals surface area contributed by atoms with E-state index in [-0.39, 0.29) is 4.90 Å². The molecule has 3 aromatic rings. The number of hydrogen-bond acceptors (Lipinski definition) is 4. The molecule has 4 rings (SSSR count). The van der Waals surface area contributed by atoms with E-state index >= 15 is 0 Å². The zero-order valence-corrected chi connectivity index (χ0v) is 17.7. The molecular formula is C21H21ClN2O4S. The lowest BCUT2D eigenvalue weighted by atomic mass is 10.0. The Labute approximate surface area is 175 Å².